The van der Waals surface area contributed by atoms with Crippen LogP contribution in [0.3, 0.4) is 0 Å². The second kappa shape index (κ2) is 5.13. The van der Waals surface area contributed by atoms with E-state index in [9.17, 15) is 18.4 Å². The smallest absolute Gasteiger partial charge is 0.336 e. The van der Waals surface area contributed by atoms with Gasteiger partial charge in [-0.05, 0) is 36.4 Å². The molecule has 0 saturated heterocycles. The molecular weight excluding hydrogens is 318 g/mol. The van der Waals surface area contributed by atoms with Gasteiger partial charge in [-0.1, -0.05) is 0 Å². The Labute approximate surface area is 132 Å². The van der Waals surface area contributed by atoms with Crippen molar-refractivity contribution < 1.29 is 17.6 Å². The number of benzene rings is 2. The van der Waals surface area contributed by atoms with Gasteiger partial charge in [-0.15, -0.1) is 0 Å². The molecule has 2 aromatic heterocycles. The van der Waals surface area contributed by atoms with E-state index < -0.39 is 22.9 Å². The Morgan fingerprint density at radius 2 is 1.04 bits per heavy atom. The molecule has 24 heavy (non-hydrogen) atoms. The Kier molecular flexibility index (Phi) is 3.06. The predicted octanol–water partition coefficient (Wildman–Crippen LogP) is 3.84. The van der Waals surface area contributed by atoms with E-state index in [2.05, 4.69) is 0 Å². The maximum Gasteiger partial charge on any atom is 0.336 e. The van der Waals surface area contributed by atoms with Crippen LogP contribution in [0.4, 0.5) is 8.78 Å². The van der Waals surface area contributed by atoms with Crippen LogP contribution in [0.15, 0.2) is 67.0 Å². The van der Waals surface area contributed by atoms with E-state index in [0.29, 0.717) is 10.8 Å². The average molecular weight is 326 g/mol. The highest BCUT2D eigenvalue weighted by Gasteiger charge is 2.14. The average Bonchev–Trinajstić information content (AvgIpc) is 2.54. The van der Waals surface area contributed by atoms with Crippen LogP contribution in [0.25, 0.3) is 33.1 Å². The van der Waals surface area contributed by atoms with Crippen molar-refractivity contribution >= 4 is 21.9 Å². The summed E-state index contributed by atoms with van der Waals surface area (Å²) in [6.45, 7) is 0. The van der Waals surface area contributed by atoms with Gasteiger partial charge in [0.05, 0.1) is 0 Å². The van der Waals surface area contributed by atoms with E-state index in [4.69, 9.17) is 8.83 Å². The zero-order valence-corrected chi connectivity index (χ0v) is 12.0. The molecule has 118 valence electrons. The lowest BCUT2D eigenvalue weighted by atomic mass is 9.99. The summed E-state index contributed by atoms with van der Waals surface area (Å²) in [6, 6.07) is 9.62. The second-order valence-electron chi connectivity index (χ2n) is 5.24. The Hall–Kier alpha value is -3.28. The molecule has 4 rings (SSSR count). The van der Waals surface area contributed by atoms with Gasteiger partial charge in [0.2, 0.25) is 0 Å². The van der Waals surface area contributed by atoms with Gasteiger partial charge in [-0.2, -0.15) is 0 Å². The van der Waals surface area contributed by atoms with Crippen molar-refractivity contribution in [2.24, 2.45) is 0 Å². The minimum absolute atomic E-state index is 0.164. The zero-order chi connectivity index (χ0) is 16.8. The summed E-state index contributed by atoms with van der Waals surface area (Å²) in [5, 5.41) is 0.594. The molecular formula is C18H8F2O4. The highest BCUT2D eigenvalue weighted by atomic mass is 19.1. The number of hydrogen-bond donors (Lipinski definition) is 0. The van der Waals surface area contributed by atoms with Crippen LogP contribution in [0.1, 0.15) is 0 Å². The lowest BCUT2D eigenvalue weighted by Crippen LogP contribution is -2.02. The molecule has 2 aromatic carbocycles. The van der Waals surface area contributed by atoms with Gasteiger partial charge in [-0.3, -0.25) is 0 Å². The van der Waals surface area contributed by atoms with Gasteiger partial charge in [-0.25, -0.2) is 18.4 Å². The first-order valence-electron chi connectivity index (χ1n) is 6.98. The fourth-order valence-electron chi connectivity index (χ4n) is 2.72. The van der Waals surface area contributed by atoms with E-state index >= 15 is 0 Å². The van der Waals surface area contributed by atoms with Gasteiger partial charge in [0.1, 0.15) is 22.8 Å². The number of rotatable bonds is 1. The third-order valence-electron chi connectivity index (χ3n) is 3.70. The highest BCUT2D eigenvalue weighted by molar-refractivity contribution is 6.02. The van der Waals surface area contributed by atoms with Crippen molar-refractivity contribution in [2.75, 3.05) is 0 Å². The minimum Gasteiger partial charge on any atom is -0.423 e. The molecule has 0 aliphatic carbocycles. The van der Waals surface area contributed by atoms with Gasteiger partial charge in [0, 0.05) is 34.0 Å². The van der Waals surface area contributed by atoms with Gasteiger partial charge in [0.15, 0.2) is 0 Å². The summed E-state index contributed by atoms with van der Waals surface area (Å²) in [7, 11) is 0. The summed E-state index contributed by atoms with van der Waals surface area (Å²) < 4.78 is 37.4. The van der Waals surface area contributed by atoms with Crippen molar-refractivity contribution in [3.8, 4) is 11.1 Å². The monoisotopic (exact) mass is 326 g/mol. The van der Waals surface area contributed by atoms with Crippen LogP contribution in [-0.2, 0) is 0 Å². The fourth-order valence-corrected chi connectivity index (χ4v) is 2.72. The number of halogens is 2. The topological polar surface area (TPSA) is 60.4 Å². The quantitative estimate of drug-likeness (QED) is 0.499. The van der Waals surface area contributed by atoms with Crippen LogP contribution in [0, 0.1) is 11.6 Å². The SMILES string of the molecule is O=c1cc(-c2cc(=O)oc3ccc(F)cc23)c2cc(F)ccc2o1. The second-order valence-corrected chi connectivity index (χ2v) is 5.24. The van der Waals surface area contributed by atoms with E-state index in [-0.39, 0.29) is 22.3 Å². The molecule has 6 heteroatoms. The molecule has 0 spiro atoms. The fraction of sp³-hybridized carbons (Fsp3) is 0. The predicted molar refractivity (Wildman–Crippen MR) is 83.9 cm³/mol. The summed E-state index contributed by atoms with van der Waals surface area (Å²) in [5.41, 5.74) is -0.467. The Morgan fingerprint density at radius 1 is 0.625 bits per heavy atom. The van der Waals surface area contributed by atoms with Crippen LogP contribution in [-0.4, -0.2) is 0 Å². The van der Waals surface area contributed by atoms with E-state index in [1.807, 2.05) is 0 Å². The molecule has 2 heterocycles. The first-order valence-corrected chi connectivity index (χ1v) is 6.98. The third-order valence-corrected chi connectivity index (χ3v) is 3.70. The summed E-state index contributed by atoms with van der Waals surface area (Å²) >= 11 is 0. The van der Waals surface area contributed by atoms with Gasteiger partial charge in [0.25, 0.3) is 0 Å². The molecule has 0 bridgehead atoms. The van der Waals surface area contributed by atoms with Crippen molar-refractivity contribution in [1.29, 1.82) is 0 Å². The molecule has 0 atom stereocenters. The van der Waals surface area contributed by atoms with Gasteiger partial charge < -0.3 is 8.83 Å². The van der Waals surface area contributed by atoms with Crippen molar-refractivity contribution in [3.05, 3.63) is 81.0 Å². The van der Waals surface area contributed by atoms with E-state index in [0.717, 1.165) is 24.3 Å². The third kappa shape index (κ3) is 2.28. The molecule has 0 radical (unpaired) electrons. The summed E-state index contributed by atoms with van der Waals surface area (Å²) in [6.07, 6.45) is 0. The summed E-state index contributed by atoms with van der Waals surface area (Å²) in [4.78, 5) is 23.6. The van der Waals surface area contributed by atoms with Crippen LogP contribution >= 0.6 is 0 Å². The zero-order valence-electron chi connectivity index (χ0n) is 12.0. The Morgan fingerprint density at radius 3 is 1.46 bits per heavy atom. The Balaban J connectivity index is 2.21. The molecule has 0 unspecified atom stereocenters. The summed E-state index contributed by atoms with van der Waals surface area (Å²) in [5.74, 6) is -1.06. The van der Waals surface area contributed by atoms with E-state index in [1.54, 1.807) is 0 Å². The molecule has 4 nitrogen and oxygen atoms in total. The first kappa shape index (κ1) is 14.3. The van der Waals surface area contributed by atoms with Crippen molar-refractivity contribution in [2.45, 2.75) is 0 Å². The van der Waals surface area contributed by atoms with Gasteiger partial charge >= 0.3 is 11.3 Å². The minimum atomic E-state index is -0.665. The van der Waals surface area contributed by atoms with E-state index in [1.165, 1.54) is 24.3 Å². The van der Waals surface area contributed by atoms with Crippen LogP contribution in [0.2, 0.25) is 0 Å². The lowest BCUT2D eigenvalue weighted by Gasteiger charge is -2.08. The van der Waals surface area contributed by atoms with Crippen molar-refractivity contribution in [1.82, 2.24) is 0 Å². The number of fused-ring (bicyclic) bond motifs is 2. The Bertz CT molecular complexity index is 1120. The normalized spacial score (nSPS) is 11.2. The van der Waals surface area contributed by atoms with Crippen LogP contribution < -0.4 is 11.3 Å². The standard InChI is InChI=1S/C18H8F2O4/c19-9-1-3-15-13(5-9)11(7-17(21)23-15)12-8-18(22)24-16-4-2-10(20)6-14(12)16/h1-8H. The molecule has 0 N–H and O–H groups in total. The largest absolute Gasteiger partial charge is 0.423 e. The molecule has 0 saturated carbocycles. The molecule has 0 fully saturated rings. The van der Waals surface area contributed by atoms with Crippen molar-refractivity contribution in [3.63, 3.8) is 0 Å². The number of hydrogen-bond acceptors (Lipinski definition) is 4. The molecule has 0 aliphatic rings. The lowest BCUT2D eigenvalue weighted by molar-refractivity contribution is 0.557. The molecule has 0 amide bonds. The highest BCUT2D eigenvalue weighted by Crippen LogP contribution is 2.32. The maximum absolute atomic E-state index is 13.6. The molecule has 4 aromatic rings. The first-order chi connectivity index (χ1) is 11.5. The van der Waals surface area contributed by atoms with Crippen LogP contribution in [0.5, 0.6) is 0 Å². The maximum atomic E-state index is 13.6. The molecule has 0 aliphatic heterocycles.